The van der Waals surface area contributed by atoms with Gasteiger partial charge in [-0.3, -0.25) is 4.79 Å². The second-order valence-corrected chi connectivity index (χ2v) is 7.36. The number of carbonyl (C=O) groups is 1. The maximum atomic E-state index is 12.4. The summed E-state index contributed by atoms with van der Waals surface area (Å²) in [5.74, 6) is 0.324. The molecule has 0 unspecified atom stereocenters. The van der Waals surface area contributed by atoms with Gasteiger partial charge in [0.05, 0.1) is 0 Å². The number of amides is 1. The van der Waals surface area contributed by atoms with Crippen molar-refractivity contribution < 1.29 is 9.21 Å². The minimum absolute atomic E-state index is 0.165. The fourth-order valence-electron chi connectivity index (χ4n) is 2.58. The van der Waals surface area contributed by atoms with Crippen molar-refractivity contribution in [2.75, 3.05) is 5.32 Å². The summed E-state index contributed by atoms with van der Waals surface area (Å²) in [7, 11) is 0. The van der Waals surface area contributed by atoms with Gasteiger partial charge in [-0.15, -0.1) is 0 Å². The Morgan fingerprint density at radius 2 is 1.88 bits per heavy atom. The molecule has 128 valence electrons. The van der Waals surface area contributed by atoms with Gasteiger partial charge in [-0.1, -0.05) is 23.7 Å². The molecular formula is C20H12ClIN2O2. The lowest BCUT2D eigenvalue weighted by molar-refractivity contribution is 0.102. The molecule has 4 rings (SSSR count). The molecule has 0 atom stereocenters. The van der Waals surface area contributed by atoms with Crippen molar-refractivity contribution in [3.05, 3.63) is 80.9 Å². The number of nitrogens with zero attached hydrogens (tertiary/aromatic N) is 1. The second-order valence-electron chi connectivity index (χ2n) is 5.68. The minimum Gasteiger partial charge on any atom is -0.436 e. The van der Waals surface area contributed by atoms with E-state index in [-0.39, 0.29) is 5.91 Å². The fourth-order valence-corrected chi connectivity index (χ4v) is 3.32. The van der Waals surface area contributed by atoms with Crippen molar-refractivity contribution in [2.45, 2.75) is 0 Å². The fraction of sp³-hybridized carbons (Fsp3) is 0. The molecule has 0 aliphatic rings. The van der Waals surface area contributed by atoms with Crippen LogP contribution in [0.5, 0.6) is 0 Å². The van der Waals surface area contributed by atoms with Crippen LogP contribution >= 0.6 is 34.2 Å². The standard InChI is InChI=1S/C20H12ClIN2O2/c21-14-5-1-4-13(9-14)20-24-17-11-16(7-8-18(17)26-20)23-19(25)12-3-2-6-15(22)10-12/h1-11H,(H,23,25). The molecule has 0 bridgehead atoms. The van der Waals surface area contributed by atoms with Crippen molar-refractivity contribution in [1.82, 2.24) is 4.98 Å². The molecule has 1 heterocycles. The van der Waals surface area contributed by atoms with E-state index in [1.54, 1.807) is 36.4 Å². The summed E-state index contributed by atoms with van der Waals surface area (Å²) >= 11 is 8.21. The first-order chi connectivity index (χ1) is 12.6. The number of benzene rings is 3. The lowest BCUT2D eigenvalue weighted by Crippen LogP contribution is -2.11. The van der Waals surface area contributed by atoms with Gasteiger partial charge in [-0.2, -0.15) is 0 Å². The van der Waals surface area contributed by atoms with Gasteiger partial charge in [0.2, 0.25) is 5.89 Å². The summed E-state index contributed by atoms with van der Waals surface area (Å²) in [5.41, 5.74) is 3.38. The van der Waals surface area contributed by atoms with Crippen LogP contribution in [0, 0.1) is 3.57 Å². The first-order valence-electron chi connectivity index (χ1n) is 7.82. The van der Waals surface area contributed by atoms with Crippen molar-refractivity contribution in [1.29, 1.82) is 0 Å². The third kappa shape index (κ3) is 3.59. The molecule has 1 N–H and O–H groups in total. The molecule has 0 radical (unpaired) electrons. The second kappa shape index (κ2) is 7.09. The van der Waals surface area contributed by atoms with E-state index in [0.717, 1.165) is 9.13 Å². The Hall–Kier alpha value is -2.38. The maximum Gasteiger partial charge on any atom is 0.255 e. The average molecular weight is 475 g/mol. The normalized spacial score (nSPS) is 10.8. The summed E-state index contributed by atoms with van der Waals surface area (Å²) in [6, 6.07) is 20.1. The highest BCUT2D eigenvalue weighted by atomic mass is 127. The first-order valence-corrected chi connectivity index (χ1v) is 9.28. The minimum atomic E-state index is -0.165. The monoisotopic (exact) mass is 474 g/mol. The van der Waals surface area contributed by atoms with Crippen LogP contribution in [0.1, 0.15) is 10.4 Å². The van der Waals surface area contributed by atoms with Gasteiger partial charge in [0.25, 0.3) is 5.91 Å². The lowest BCUT2D eigenvalue weighted by atomic mass is 10.2. The van der Waals surface area contributed by atoms with E-state index < -0.39 is 0 Å². The molecular weight excluding hydrogens is 463 g/mol. The third-order valence-corrected chi connectivity index (χ3v) is 4.71. The highest BCUT2D eigenvalue weighted by Gasteiger charge is 2.11. The molecule has 0 spiro atoms. The molecule has 6 heteroatoms. The van der Waals surface area contributed by atoms with Crippen molar-refractivity contribution in [3.8, 4) is 11.5 Å². The number of fused-ring (bicyclic) bond motifs is 1. The van der Waals surface area contributed by atoms with E-state index in [9.17, 15) is 4.79 Å². The summed E-state index contributed by atoms with van der Waals surface area (Å²) in [5, 5.41) is 3.51. The highest BCUT2D eigenvalue weighted by Crippen LogP contribution is 2.27. The van der Waals surface area contributed by atoms with Crippen LogP contribution in [0.15, 0.2) is 71.1 Å². The predicted octanol–water partition coefficient (Wildman–Crippen LogP) is 6.01. The Morgan fingerprint density at radius 1 is 1.04 bits per heavy atom. The third-order valence-electron chi connectivity index (χ3n) is 3.80. The smallest absolute Gasteiger partial charge is 0.255 e. The lowest BCUT2D eigenvalue weighted by Gasteiger charge is -2.05. The van der Waals surface area contributed by atoms with Crippen LogP contribution in [0.25, 0.3) is 22.6 Å². The van der Waals surface area contributed by atoms with E-state index in [4.69, 9.17) is 16.0 Å². The maximum absolute atomic E-state index is 12.4. The van der Waals surface area contributed by atoms with E-state index in [1.807, 2.05) is 30.3 Å². The van der Waals surface area contributed by atoms with Gasteiger partial charge in [0.1, 0.15) is 5.52 Å². The van der Waals surface area contributed by atoms with Gasteiger partial charge < -0.3 is 9.73 Å². The SMILES string of the molecule is O=C(Nc1ccc2oc(-c3cccc(Cl)c3)nc2c1)c1cccc(I)c1. The predicted molar refractivity (Wildman–Crippen MR) is 112 cm³/mol. The number of anilines is 1. The summed E-state index contributed by atoms with van der Waals surface area (Å²) in [6.45, 7) is 0. The van der Waals surface area contributed by atoms with E-state index >= 15 is 0 Å². The number of rotatable bonds is 3. The van der Waals surface area contributed by atoms with Gasteiger partial charge >= 0.3 is 0 Å². The van der Waals surface area contributed by atoms with Crippen LogP contribution in [-0.4, -0.2) is 10.9 Å². The molecule has 26 heavy (non-hydrogen) atoms. The molecule has 0 fully saturated rings. The number of carbonyl (C=O) groups excluding carboxylic acids is 1. The number of nitrogens with one attached hydrogen (secondary N) is 1. The number of halogens is 2. The Balaban J connectivity index is 1.62. The number of aromatic nitrogens is 1. The Labute approximate surface area is 168 Å². The van der Waals surface area contributed by atoms with Crippen LogP contribution in [0.2, 0.25) is 5.02 Å². The molecule has 0 saturated carbocycles. The molecule has 1 amide bonds. The van der Waals surface area contributed by atoms with E-state index in [0.29, 0.717) is 33.3 Å². The Kier molecular flexibility index (Phi) is 4.65. The molecule has 0 saturated heterocycles. The van der Waals surface area contributed by atoms with Gasteiger partial charge in [0, 0.05) is 25.4 Å². The van der Waals surface area contributed by atoms with E-state index in [1.165, 1.54) is 0 Å². The molecule has 4 nitrogen and oxygen atoms in total. The molecule has 0 aliphatic carbocycles. The first kappa shape index (κ1) is 17.1. The van der Waals surface area contributed by atoms with E-state index in [2.05, 4.69) is 32.9 Å². The summed E-state index contributed by atoms with van der Waals surface area (Å²) < 4.78 is 6.79. The zero-order valence-electron chi connectivity index (χ0n) is 13.4. The quantitative estimate of drug-likeness (QED) is 0.370. The number of oxazole rings is 1. The zero-order chi connectivity index (χ0) is 18.1. The van der Waals surface area contributed by atoms with Crippen LogP contribution in [0.4, 0.5) is 5.69 Å². The molecule has 3 aromatic carbocycles. The largest absolute Gasteiger partial charge is 0.436 e. The number of hydrogen-bond donors (Lipinski definition) is 1. The molecule has 4 aromatic rings. The average Bonchev–Trinajstić information content (AvgIpc) is 3.05. The van der Waals surface area contributed by atoms with Crippen LogP contribution in [0.3, 0.4) is 0 Å². The van der Waals surface area contributed by atoms with Gasteiger partial charge in [-0.25, -0.2) is 4.98 Å². The van der Waals surface area contributed by atoms with Crippen molar-refractivity contribution in [2.24, 2.45) is 0 Å². The Bertz CT molecular complexity index is 1120. The van der Waals surface area contributed by atoms with Crippen LogP contribution < -0.4 is 5.32 Å². The molecule has 0 aliphatic heterocycles. The summed E-state index contributed by atoms with van der Waals surface area (Å²) in [6.07, 6.45) is 0. The summed E-state index contributed by atoms with van der Waals surface area (Å²) in [4.78, 5) is 16.9. The van der Waals surface area contributed by atoms with Crippen LogP contribution in [-0.2, 0) is 0 Å². The van der Waals surface area contributed by atoms with Crippen molar-refractivity contribution in [3.63, 3.8) is 0 Å². The zero-order valence-corrected chi connectivity index (χ0v) is 16.3. The topological polar surface area (TPSA) is 55.1 Å². The highest BCUT2D eigenvalue weighted by molar-refractivity contribution is 14.1. The number of hydrogen-bond acceptors (Lipinski definition) is 3. The van der Waals surface area contributed by atoms with Gasteiger partial charge in [0.15, 0.2) is 5.58 Å². The van der Waals surface area contributed by atoms with Crippen molar-refractivity contribution >= 4 is 56.9 Å². The van der Waals surface area contributed by atoms with Gasteiger partial charge in [-0.05, 0) is 77.2 Å². The Morgan fingerprint density at radius 3 is 2.69 bits per heavy atom. The molecule has 1 aromatic heterocycles.